The number of amides is 2. The maximum Gasteiger partial charge on any atom is 0.408 e. The lowest BCUT2D eigenvalue weighted by atomic mass is 9.93. The third kappa shape index (κ3) is 10.7. The first-order valence-corrected chi connectivity index (χ1v) is 10.5. The molecule has 0 aromatic heterocycles. The van der Waals surface area contributed by atoms with Crippen molar-refractivity contribution in [3.63, 3.8) is 0 Å². The van der Waals surface area contributed by atoms with E-state index in [9.17, 15) is 9.59 Å². The summed E-state index contributed by atoms with van der Waals surface area (Å²) >= 11 is 0. The Bertz CT molecular complexity index is 743. The summed E-state index contributed by atoms with van der Waals surface area (Å²) in [5.74, 6) is 0.161. The molecule has 0 radical (unpaired) electrons. The Balaban J connectivity index is 0.00000900. The molecule has 1 aromatic carbocycles. The van der Waals surface area contributed by atoms with Crippen LogP contribution >= 0.6 is 24.0 Å². The van der Waals surface area contributed by atoms with Crippen LogP contribution in [0.15, 0.2) is 29.3 Å². The minimum absolute atomic E-state index is 0. The molecule has 0 heterocycles. The van der Waals surface area contributed by atoms with Gasteiger partial charge in [0.1, 0.15) is 5.60 Å². The monoisotopic (exact) mass is 547 g/mol. The molecule has 0 saturated carbocycles. The second-order valence-corrected chi connectivity index (χ2v) is 8.23. The molecule has 0 unspecified atom stereocenters. The van der Waals surface area contributed by atoms with Crippen LogP contribution < -0.4 is 21.7 Å². The van der Waals surface area contributed by atoms with Crippen molar-refractivity contribution in [1.29, 1.82) is 0 Å². The number of nitrogens with zero attached hydrogens (tertiary/aromatic N) is 1. The molecule has 1 rings (SSSR count). The van der Waals surface area contributed by atoms with Crippen molar-refractivity contribution < 1.29 is 14.3 Å². The highest BCUT2D eigenvalue weighted by Crippen LogP contribution is 2.16. The van der Waals surface area contributed by atoms with Crippen LogP contribution in [0.5, 0.6) is 0 Å². The van der Waals surface area contributed by atoms with Crippen molar-refractivity contribution in [2.75, 3.05) is 13.1 Å². The van der Waals surface area contributed by atoms with E-state index in [4.69, 9.17) is 10.5 Å². The summed E-state index contributed by atoms with van der Waals surface area (Å²) in [5.41, 5.74) is 5.66. The molecule has 0 atom stereocenters. The van der Waals surface area contributed by atoms with Crippen molar-refractivity contribution in [3.05, 3.63) is 35.4 Å². The predicted molar refractivity (Wildman–Crippen MR) is 136 cm³/mol. The number of guanidine groups is 1. The lowest BCUT2D eigenvalue weighted by Gasteiger charge is -2.34. The first-order valence-electron chi connectivity index (χ1n) is 10.5. The van der Waals surface area contributed by atoms with Gasteiger partial charge in [0.05, 0.1) is 12.1 Å². The van der Waals surface area contributed by atoms with Crippen molar-refractivity contribution in [3.8, 4) is 0 Å². The molecule has 0 aliphatic rings. The third-order valence-corrected chi connectivity index (χ3v) is 4.69. The molecule has 0 fully saturated rings. The lowest BCUT2D eigenvalue weighted by molar-refractivity contribution is 0.0448. The molecule has 0 spiro atoms. The van der Waals surface area contributed by atoms with Gasteiger partial charge in [0.15, 0.2) is 5.96 Å². The van der Waals surface area contributed by atoms with Gasteiger partial charge in [0, 0.05) is 18.7 Å². The topological polar surface area (TPSA) is 118 Å². The van der Waals surface area contributed by atoms with Gasteiger partial charge in [-0.25, -0.2) is 9.79 Å². The fourth-order valence-corrected chi connectivity index (χ4v) is 2.83. The van der Waals surface area contributed by atoms with Crippen LogP contribution in [0.25, 0.3) is 0 Å². The molecule has 0 aliphatic heterocycles. The van der Waals surface area contributed by atoms with Crippen LogP contribution in [0.4, 0.5) is 4.79 Å². The number of carbonyl (C=O) groups excluding carboxylic acids is 2. The standard InChI is InChI=1S/C22H37N5O3.HI/c1-7-22(8-2,27-20(29)30-21(4,5)6)15-26-19(24-9-3)25-14-16-11-10-12-17(13-16)18(23)28;/h10-13H,7-9,14-15H2,1-6H3,(H2,23,28)(H,27,29)(H2,24,25,26);1H. The largest absolute Gasteiger partial charge is 0.444 e. The van der Waals surface area contributed by atoms with E-state index >= 15 is 0 Å². The van der Waals surface area contributed by atoms with Gasteiger partial charge in [-0.05, 0) is 58.2 Å². The van der Waals surface area contributed by atoms with E-state index in [0.717, 1.165) is 18.4 Å². The van der Waals surface area contributed by atoms with E-state index in [1.807, 2.05) is 47.6 Å². The summed E-state index contributed by atoms with van der Waals surface area (Å²) in [4.78, 5) is 28.3. The molecule has 0 aliphatic carbocycles. The Labute approximate surface area is 203 Å². The molecular weight excluding hydrogens is 509 g/mol. The highest BCUT2D eigenvalue weighted by atomic mass is 127. The quantitative estimate of drug-likeness (QED) is 0.214. The van der Waals surface area contributed by atoms with Gasteiger partial charge in [-0.1, -0.05) is 26.0 Å². The average Bonchev–Trinajstić information content (AvgIpc) is 2.67. The first kappa shape index (κ1) is 29.0. The minimum Gasteiger partial charge on any atom is -0.444 e. The zero-order chi connectivity index (χ0) is 22.8. The van der Waals surface area contributed by atoms with Gasteiger partial charge in [-0.3, -0.25) is 4.79 Å². The first-order chi connectivity index (χ1) is 14.0. The normalized spacial score (nSPS) is 11.9. The summed E-state index contributed by atoms with van der Waals surface area (Å²) in [5, 5.41) is 9.54. The number of hydrogen-bond acceptors (Lipinski definition) is 4. The number of halogens is 1. The Kier molecular flexibility index (Phi) is 12.5. The number of nitrogens with one attached hydrogen (secondary N) is 3. The smallest absolute Gasteiger partial charge is 0.408 e. The molecule has 9 heteroatoms. The van der Waals surface area contributed by atoms with E-state index in [2.05, 4.69) is 20.9 Å². The number of benzene rings is 1. The van der Waals surface area contributed by atoms with Gasteiger partial charge < -0.3 is 26.4 Å². The predicted octanol–water partition coefficient (Wildman–Crippen LogP) is 3.54. The zero-order valence-electron chi connectivity index (χ0n) is 19.5. The number of hydrogen-bond donors (Lipinski definition) is 4. The number of ether oxygens (including phenoxy) is 1. The summed E-state index contributed by atoms with van der Waals surface area (Å²) < 4.78 is 5.43. The Morgan fingerprint density at radius 3 is 2.26 bits per heavy atom. The molecule has 176 valence electrons. The van der Waals surface area contributed by atoms with Gasteiger partial charge in [-0.15, -0.1) is 24.0 Å². The Morgan fingerprint density at radius 2 is 1.74 bits per heavy atom. The number of aliphatic imine (C=N–C) groups is 1. The lowest BCUT2D eigenvalue weighted by Crippen LogP contribution is -2.57. The Morgan fingerprint density at radius 1 is 1.10 bits per heavy atom. The van der Waals surface area contributed by atoms with E-state index in [0.29, 0.717) is 31.2 Å². The number of primary amides is 1. The van der Waals surface area contributed by atoms with Crippen LogP contribution in [0.2, 0.25) is 0 Å². The van der Waals surface area contributed by atoms with Gasteiger partial charge in [-0.2, -0.15) is 0 Å². The van der Waals surface area contributed by atoms with Gasteiger partial charge in [0.25, 0.3) is 0 Å². The molecule has 0 bridgehead atoms. The average molecular weight is 547 g/mol. The SMILES string of the molecule is CCNC(=NCc1cccc(C(N)=O)c1)NCC(CC)(CC)NC(=O)OC(C)(C)C.I. The Hall–Kier alpha value is -2.04. The van der Waals surface area contributed by atoms with E-state index in [-0.39, 0.29) is 24.0 Å². The van der Waals surface area contributed by atoms with Gasteiger partial charge >= 0.3 is 6.09 Å². The highest BCUT2D eigenvalue weighted by molar-refractivity contribution is 14.0. The fourth-order valence-electron chi connectivity index (χ4n) is 2.83. The van der Waals surface area contributed by atoms with Crippen LogP contribution in [-0.4, -0.2) is 42.2 Å². The van der Waals surface area contributed by atoms with E-state index in [1.165, 1.54) is 0 Å². The summed E-state index contributed by atoms with van der Waals surface area (Å²) in [6.07, 6.45) is 1.03. The van der Waals surface area contributed by atoms with Gasteiger partial charge in [0.2, 0.25) is 5.91 Å². The molecule has 2 amide bonds. The zero-order valence-corrected chi connectivity index (χ0v) is 21.8. The summed E-state index contributed by atoms with van der Waals surface area (Å²) in [6.45, 7) is 13.1. The number of nitrogens with two attached hydrogens (primary N) is 1. The molecular formula is C22H38IN5O3. The molecule has 5 N–H and O–H groups in total. The highest BCUT2D eigenvalue weighted by Gasteiger charge is 2.30. The third-order valence-electron chi connectivity index (χ3n) is 4.69. The minimum atomic E-state index is -0.555. The number of carbonyl (C=O) groups is 2. The summed E-state index contributed by atoms with van der Waals surface area (Å²) in [7, 11) is 0. The molecule has 1 aromatic rings. The fraction of sp³-hybridized carbons (Fsp3) is 0.591. The second kappa shape index (κ2) is 13.4. The number of rotatable bonds is 9. The number of alkyl carbamates (subject to hydrolysis) is 1. The molecule has 31 heavy (non-hydrogen) atoms. The molecule has 0 saturated heterocycles. The van der Waals surface area contributed by atoms with Crippen molar-refractivity contribution in [1.82, 2.24) is 16.0 Å². The summed E-state index contributed by atoms with van der Waals surface area (Å²) in [6, 6.07) is 7.10. The van der Waals surface area contributed by atoms with E-state index in [1.54, 1.807) is 18.2 Å². The van der Waals surface area contributed by atoms with Crippen LogP contribution in [0.3, 0.4) is 0 Å². The van der Waals surface area contributed by atoms with Crippen LogP contribution in [-0.2, 0) is 11.3 Å². The van der Waals surface area contributed by atoms with E-state index < -0.39 is 23.1 Å². The maximum absolute atomic E-state index is 12.3. The van der Waals surface area contributed by atoms with Crippen molar-refractivity contribution in [2.45, 2.75) is 72.1 Å². The van der Waals surface area contributed by atoms with Crippen molar-refractivity contribution >= 4 is 41.9 Å². The molecule has 8 nitrogen and oxygen atoms in total. The van der Waals surface area contributed by atoms with Crippen LogP contribution in [0.1, 0.15) is 70.3 Å². The van der Waals surface area contributed by atoms with Crippen LogP contribution in [0, 0.1) is 0 Å². The maximum atomic E-state index is 12.3. The van der Waals surface area contributed by atoms with Crippen molar-refractivity contribution in [2.24, 2.45) is 10.7 Å². The second-order valence-electron chi connectivity index (χ2n) is 8.23.